The highest BCUT2D eigenvalue weighted by atomic mass is 35.5. The molecule has 0 spiro atoms. The van der Waals surface area contributed by atoms with E-state index >= 15 is 0 Å². The van der Waals surface area contributed by atoms with Gasteiger partial charge in [-0.1, -0.05) is 18.2 Å². The standard InChI is InChI=1S/C10H11ClN4/c1-8(11)5-12-6-9-7-14-10-13-3-2-4-15(9)10/h2-4,7,12H,1,5-6H2. The molecule has 78 valence electrons. The number of imidazole rings is 1. The number of nitrogens with one attached hydrogen (secondary N) is 1. The molecule has 0 saturated heterocycles. The summed E-state index contributed by atoms with van der Waals surface area (Å²) in [7, 11) is 0. The number of fused-ring (bicyclic) bond motifs is 1. The SMILES string of the molecule is C=C(Cl)CNCc1cnc2ncccn12. The molecule has 0 bridgehead atoms. The van der Waals surface area contributed by atoms with E-state index in [0.717, 1.165) is 5.69 Å². The first-order chi connectivity index (χ1) is 7.27. The Morgan fingerprint density at radius 1 is 1.53 bits per heavy atom. The number of halogens is 1. The van der Waals surface area contributed by atoms with Crippen molar-refractivity contribution in [3.63, 3.8) is 0 Å². The zero-order valence-corrected chi connectivity index (χ0v) is 8.91. The topological polar surface area (TPSA) is 42.2 Å². The molecule has 0 aliphatic heterocycles. The molecule has 0 unspecified atom stereocenters. The van der Waals surface area contributed by atoms with Crippen molar-refractivity contribution in [2.75, 3.05) is 6.54 Å². The highest BCUT2D eigenvalue weighted by Crippen LogP contribution is 2.03. The van der Waals surface area contributed by atoms with Crippen molar-refractivity contribution < 1.29 is 0 Å². The van der Waals surface area contributed by atoms with E-state index in [-0.39, 0.29) is 0 Å². The van der Waals surface area contributed by atoms with Crippen LogP contribution >= 0.6 is 11.6 Å². The van der Waals surface area contributed by atoms with Crippen LogP contribution in [0.5, 0.6) is 0 Å². The van der Waals surface area contributed by atoms with Crippen LogP contribution in [0.4, 0.5) is 0 Å². The van der Waals surface area contributed by atoms with Crippen molar-refractivity contribution in [3.8, 4) is 0 Å². The van der Waals surface area contributed by atoms with Crippen LogP contribution in [0, 0.1) is 0 Å². The van der Waals surface area contributed by atoms with Crippen LogP contribution in [0.25, 0.3) is 5.78 Å². The van der Waals surface area contributed by atoms with E-state index in [9.17, 15) is 0 Å². The van der Waals surface area contributed by atoms with Crippen LogP contribution in [0.2, 0.25) is 0 Å². The van der Waals surface area contributed by atoms with Crippen LogP contribution in [0.15, 0.2) is 36.3 Å². The number of rotatable bonds is 4. The van der Waals surface area contributed by atoms with Gasteiger partial charge in [0.15, 0.2) is 0 Å². The molecule has 15 heavy (non-hydrogen) atoms. The minimum Gasteiger partial charge on any atom is -0.306 e. The number of hydrogen-bond acceptors (Lipinski definition) is 3. The van der Waals surface area contributed by atoms with Crippen molar-refractivity contribution in [1.82, 2.24) is 19.7 Å². The summed E-state index contributed by atoms with van der Waals surface area (Å²) in [4.78, 5) is 8.30. The molecule has 2 heterocycles. The number of aromatic nitrogens is 3. The Morgan fingerprint density at radius 2 is 2.40 bits per heavy atom. The average molecular weight is 223 g/mol. The molecule has 0 atom stereocenters. The van der Waals surface area contributed by atoms with E-state index in [1.807, 2.05) is 16.7 Å². The van der Waals surface area contributed by atoms with E-state index in [0.29, 0.717) is 23.9 Å². The molecule has 0 amide bonds. The van der Waals surface area contributed by atoms with Crippen molar-refractivity contribution in [3.05, 3.63) is 42.0 Å². The van der Waals surface area contributed by atoms with E-state index in [1.165, 1.54) is 0 Å². The number of nitrogens with zero attached hydrogens (tertiary/aromatic N) is 3. The fraction of sp³-hybridized carbons (Fsp3) is 0.200. The van der Waals surface area contributed by atoms with Gasteiger partial charge in [0.05, 0.1) is 11.9 Å². The Bertz CT molecular complexity index is 477. The second-order valence-electron chi connectivity index (χ2n) is 3.16. The van der Waals surface area contributed by atoms with Gasteiger partial charge in [0.25, 0.3) is 0 Å². The summed E-state index contributed by atoms with van der Waals surface area (Å²) in [5, 5.41) is 3.76. The van der Waals surface area contributed by atoms with E-state index in [4.69, 9.17) is 11.6 Å². The molecule has 0 aliphatic rings. The van der Waals surface area contributed by atoms with Gasteiger partial charge in [-0.3, -0.25) is 4.40 Å². The first kappa shape index (κ1) is 10.1. The fourth-order valence-corrected chi connectivity index (χ4v) is 1.43. The highest BCUT2D eigenvalue weighted by Gasteiger charge is 2.01. The second kappa shape index (κ2) is 4.42. The van der Waals surface area contributed by atoms with Crippen LogP contribution < -0.4 is 5.32 Å². The largest absolute Gasteiger partial charge is 0.306 e. The van der Waals surface area contributed by atoms with Gasteiger partial charge in [-0.25, -0.2) is 9.97 Å². The van der Waals surface area contributed by atoms with E-state index in [2.05, 4.69) is 21.9 Å². The Hall–Kier alpha value is -1.39. The molecular formula is C10H11ClN4. The average Bonchev–Trinajstić information content (AvgIpc) is 2.62. The molecule has 0 radical (unpaired) electrons. The van der Waals surface area contributed by atoms with Crippen molar-refractivity contribution in [1.29, 1.82) is 0 Å². The summed E-state index contributed by atoms with van der Waals surface area (Å²) in [6, 6.07) is 1.87. The Balaban J connectivity index is 2.11. The van der Waals surface area contributed by atoms with Gasteiger partial charge in [0.1, 0.15) is 0 Å². The monoisotopic (exact) mass is 222 g/mol. The summed E-state index contributed by atoms with van der Waals surface area (Å²) in [6.07, 6.45) is 5.45. The third-order valence-corrected chi connectivity index (χ3v) is 2.12. The lowest BCUT2D eigenvalue weighted by atomic mass is 10.4. The Morgan fingerprint density at radius 3 is 3.20 bits per heavy atom. The first-order valence-corrected chi connectivity index (χ1v) is 4.96. The van der Waals surface area contributed by atoms with Crippen molar-refractivity contribution >= 4 is 17.4 Å². The van der Waals surface area contributed by atoms with Gasteiger partial charge in [0.2, 0.25) is 5.78 Å². The third-order valence-electron chi connectivity index (χ3n) is 1.99. The van der Waals surface area contributed by atoms with E-state index in [1.54, 1.807) is 12.4 Å². The maximum atomic E-state index is 5.64. The maximum Gasteiger partial charge on any atom is 0.233 e. The predicted octanol–water partition coefficient (Wildman–Crippen LogP) is 1.57. The molecule has 5 heteroatoms. The van der Waals surface area contributed by atoms with Crippen LogP contribution in [-0.2, 0) is 6.54 Å². The van der Waals surface area contributed by atoms with E-state index < -0.39 is 0 Å². The summed E-state index contributed by atoms with van der Waals surface area (Å²) in [6.45, 7) is 4.89. The number of hydrogen-bond donors (Lipinski definition) is 1. The fourth-order valence-electron chi connectivity index (χ4n) is 1.33. The van der Waals surface area contributed by atoms with Gasteiger partial charge in [-0.05, 0) is 6.07 Å². The van der Waals surface area contributed by atoms with Gasteiger partial charge in [-0.2, -0.15) is 0 Å². The molecule has 4 nitrogen and oxygen atoms in total. The molecule has 1 N–H and O–H groups in total. The molecule has 0 saturated carbocycles. The lowest BCUT2D eigenvalue weighted by molar-refractivity contribution is 0.729. The Labute approximate surface area is 92.6 Å². The molecule has 2 rings (SSSR count). The van der Waals surface area contributed by atoms with Gasteiger partial charge in [-0.15, -0.1) is 0 Å². The van der Waals surface area contributed by atoms with Crippen molar-refractivity contribution in [2.45, 2.75) is 6.54 Å². The van der Waals surface area contributed by atoms with Gasteiger partial charge < -0.3 is 5.32 Å². The zero-order chi connectivity index (χ0) is 10.7. The molecular weight excluding hydrogens is 212 g/mol. The Kier molecular flexibility index (Phi) is 2.99. The molecule has 2 aromatic rings. The third kappa shape index (κ3) is 2.34. The molecule has 0 fully saturated rings. The normalized spacial score (nSPS) is 10.7. The molecule has 0 aliphatic carbocycles. The molecule has 0 aromatic carbocycles. The smallest absolute Gasteiger partial charge is 0.233 e. The minimum absolute atomic E-state index is 0.592. The predicted molar refractivity (Wildman–Crippen MR) is 59.7 cm³/mol. The van der Waals surface area contributed by atoms with Crippen LogP contribution in [0.1, 0.15) is 5.69 Å². The summed E-state index contributed by atoms with van der Waals surface area (Å²) >= 11 is 5.64. The van der Waals surface area contributed by atoms with Crippen molar-refractivity contribution in [2.24, 2.45) is 0 Å². The lowest BCUT2D eigenvalue weighted by Crippen LogP contribution is -2.15. The van der Waals surface area contributed by atoms with Gasteiger partial charge >= 0.3 is 0 Å². The lowest BCUT2D eigenvalue weighted by Gasteiger charge is -2.02. The maximum absolute atomic E-state index is 5.64. The highest BCUT2D eigenvalue weighted by molar-refractivity contribution is 6.29. The summed E-state index contributed by atoms with van der Waals surface area (Å²) < 4.78 is 1.93. The zero-order valence-electron chi connectivity index (χ0n) is 8.15. The first-order valence-electron chi connectivity index (χ1n) is 4.58. The summed E-state index contributed by atoms with van der Waals surface area (Å²) in [5.74, 6) is 0.707. The second-order valence-corrected chi connectivity index (χ2v) is 3.69. The van der Waals surface area contributed by atoms with Crippen LogP contribution in [-0.4, -0.2) is 20.9 Å². The minimum atomic E-state index is 0.592. The van der Waals surface area contributed by atoms with Crippen LogP contribution in [0.3, 0.4) is 0 Å². The quantitative estimate of drug-likeness (QED) is 0.854. The van der Waals surface area contributed by atoms with Gasteiger partial charge in [0, 0.05) is 30.5 Å². The summed E-state index contributed by atoms with van der Waals surface area (Å²) in [5.41, 5.74) is 1.05. The molecule has 2 aromatic heterocycles.